The summed E-state index contributed by atoms with van der Waals surface area (Å²) in [6, 6.07) is 9.84. The van der Waals surface area contributed by atoms with E-state index < -0.39 is 4.92 Å². The SMILES string of the molecule is Nc1ccc(SCc2ccc([N+](=O)[O-])cc2Cl)cc1Cl. The molecule has 0 radical (unpaired) electrons. The number of nitrogens with two attached hydrogens (primary N) is 1. The number of hydrogen-bond acceptors (Lipinski definition) is 4. The van der Waals surface area contributed by atoms with Crippen LogP contribution in [0, 0.1) is 10.1 Å². The van der Waals surface area contributed by atoms with Crippen molar-refractivity contribution in [1.29, 1.82) is 0 Å². The van der Waals surface area contributed by atoms with Crippen LogP contribution >= 0.6 is 35.0 Å². The maximum absolute atomic E-state index is 10.6. The number of anilines is 1. The summed E-state index contributed by atoms with van der Waals surface area (Å²) in [4.78, 5) is 11.1. The van der Waals surface area contributed by atoms with Crippen LogP contribution in [0.3, 0.4) is 0 Å². The Morgan fingerprint density at radius 2 is 1.90 bits per heavy atom. The lowest BCUT2D eigenvalue weighted by Crippen LogP contribution is -1.90. The average Bonchev–Trinajstić information content (AvgIpc) is 2.41. The first-order chi connectivity index (χ1) is 9.47. The van der Waals surface area contributed by atoms with Gasteiger partial charge < -0.3 is 5.73 Å². The van der Waals surface area contributed by atoms with Crippen molar-refractivity contribution in [2.24, 2.45) is 0 Å². The van der Waals surface area contributed by atoms with Gasteiger partial charge in [-0.3, -0.25) is 10.1 Å². The van der Waals surface area contributed by atoms with E-state index in [0.29, 0.717) is 21.5 Å². The van der Waals surface area contributed by atoms with Crippen molar-refractivity contribution < 1.29 is 4.92 Å². The van der Waals surface area contributed by atoms with Gasteiger partial charge in [0.2, 0.25) is 0 Å². The van der Waals surface area contributed by atoms with Crippen LogP contribution in [0.15, 0.2) is 41.3 Å². The molecular weight excluding hydrogens is 319 g/mol. The van der Waals surface area contributed by atoms with Gasteiger partial charge >= 0.3 is 0 Å². The molecule has 2 aromatic carbocycles. The third kappa shape index (κ3) is 3.56. The fourth-order valence-corrected chi connectivity index (χ4v) is 3.03. The summed E-state index contributed by atoms with van der Waals surface area (Å²) in [5, 5.41) is 11.5. The zero-order valence-electron chi connectivity index (χ0n) is 10.2. The number of benzene rings is 2. The standard InChI is InChI=1S/C13H10Cl2N2O2S/c14-11-5-9(17(18)19)2-1-8(11)7-20-10-3-4-13(16)12(15)6-10/h1-6H,7,16H2. The zero-order valence-corrected chi connectivity index (χ0v) is 12.5. The number of nitrogens with zero attached hydrogens (tertiary/aromatic N) is 1. The molecule has 0 atom stereocenters. The molecular formula is C13H10Cl2N2O2S. The van der Waals surface area contributed by atoms with E-state index in [2.05, 4.69) is 0 Å². The number of thioether (sulfide) groups is 1. The van der Waals surface area contributed by atoms with Crippen LogP contribution in [0.5, 0.6) is 0 Å². The van der Waals surface area contributed by atoms with E-state index in [1.807, 2.05) is 6.07 Å². The Morgan fingerprint density at radius 1 is 1.15 bits per heavy atom. The summed E-state index contributed by atoms with van der Waals surface area (Å²) >= 11 is 13.5. The Kier molecular flexibility index (Phi) is 4.75. The molecule has 0 heterocycles. The van der Waals surface area contributed by atoms with Gasteiger partial charge in [-0.15, -0.1) is 11.8 Å². The summed E-state index contributed by atoms with van der Waals surface area (Å²) in [6.07, 6.45) is 0. The summed E-state index contributed by atoms with van der Waals surface area (Å²) < 4.78 is 0. The van der Waals surface area contributed by atoms with E-state index >= 15 is 0 Å². The Balaban J connectivity index is 2.10. The number of nitro benzene ring substituents is 1. The van der Waals surface area contributed by atoms with Crippen molar-refractivity contribution in [2.45, 2.75) is 10.6 Å². The summed E-state index contributed by atoms with van der Waals surface area (Å²) in [5.41, 5.74) is 6.99. The largest absolute Gasteiger partial charge is 0.398 e. The third-order valence-corrected chi connectivity index (χ3v) is 4.34. The van der Waals surface area contributed by atoms with E-state index in [-0.39, 0.29) is 5.69 Å². The van der Waals surface area contributed by atoms with Gasteiger partial charge in [-0.25, -0.2) is 0 Å². The molecule has 0 aliphatic carbocycles. The van der Waals surface area contributed by atoms with Crippen molar-refractivity contribution in [1.82, 2.24) is 0 Å². The first-order valence-corrected chi connectivity index (χ1v) is 7.32. The highest BCUT2D eigenvalue weighted by Crippen LogP contribution is 2.31. The van der Waals surface area contributed by atoms with Gasteiger partial charge in [-0.2, -0.15) is 0 Å². The minimum absolute atomic E-state index is 0.0146. The van der Waals surface area contributed by atoms with E-state index in [0.717, 1.165) is 10.5 Å². The van der Waals surface area contributed by atoms with Gasteiger partial charge in [-0.1, -0.05) is 23.2 Å². The van der Waals surface area contributed by atoms with Gasteiger partial charge in [0, 0.05) is 22.8 Å². The summed E-state index contributed by atoms with van der Waals surface area (Å²) in [7, 11) is 0. The van der Waals surface area contributed by atoms with Crippen LogP contribution in [-0.2, 0) is 5.75 Å². The molecule has 4 nitrogen and oxygen atoms in total. The molecule has 0 spiro atoms. The predicted molar refractivity (Wildman–Crippen MR) is 83.5 cm³/mol. The van der Waals surface area contributed by atoms with Gasteiger partial charge in [0.1, 0.15) is 0 Å². The first-order valence-electron chi connectivity index (χ1n) is 5.58. The molecule has 104 valence electrons. The Hall–Kier alpha value is -1.43. The van der Waals surface area contributed by atoms with Gasteiger partial charge in [-0.05, 0) is 29.8 Å². The van der Waals surface area contributed by atoms with Gasteiger partial charge in [0.25, 0.3) is 5.69 Å². The smallest absolute Gasteiger partial charge is 0.270 e. The average molecular weight is 329 g/mol. The van der Waals surface area contributed by atoms with Crippen LogP contribution in [0.4, 0.5) is 11.4 Å². The molecule has 0 bridgehead atoms. The Morgan fingerprint density at radius 3 is 2.50 bits per heavy atom. The van der Waals surface area contributed by atoms with Gasteiger partial charge in [0.15, 0.2) is 0 Å². The highest BCUT2D eigenvalue weighted by atomic mass is 35.5. The highest BCUT2D eigenvalue weighted by Gasteiger charge is 2.10. The molecule has 7 heteroatoms. The molecule has 0 unspecified atom stereocenters. The molecule has 2 aromatic rings. The van der Waals surface area contributed by atoms with E-state index in [1.165, 1.54) is 23.9 Å². The van der Waals surface area contributed by atoms with E-state index in [4.69, 9.17) is 28.9 Å². The second-order valence-corrected chi connectivity index (χ2v) is 5.87. The third-order valence-electron chi connectivity index (χ3n) is 2.61. The minimum Gasteiger partial charge on any atom is -0.398 e. The van der Waals surface area contributed by atoms with Crippen LogP contribution in [-0.4, -0.2) is 4.92 Å². The Labute approximate surface area is 130 Å². The molecule has 2 N–H and O–H groups in total. The zero-order chi connectivity index (χ0) is 14.7. The minimum atomic E-state index is -0.470. The van der Waals surface area contributed by atoms with Crippen molar-refractivity contribution in [3.63, 3.8) is 0 Å². The number of hydrogen-bond donors (Lipinski definition) is 1. The fraction of sp³-hybridized carbons (Fsp3) is 0.0769. The number of halogens is 2. The second-order valence-electron chi connectivity index (χ2n) is 4.00. The van der Waals surface area contributed by atoms with Crippen molar-refractivity contribution >= 4 is 46.3 Å². The number of rotatable bonds is 4. The first kappa shape index (κ1) is 15.0. The quantitative estimate of drug-likeness (QED) is 0.379. The number of non-ortho nitro benzene ring substituents is 1. The summed E-state index contributed by atoms with van der Waals surface area (Å²) in [5.74, 6) is 0.594. The molecule has 0 saturated heterocycles. The molecule has 0 fully saturated rings. The lowest BCUT2D eigenvalue weighted by atomic mass is 10.2. The molecule has 0 amide bonds. The monoisotopic (exact) mass is 328 g/mol. The van der Waals surface area contributed by atoms with Gasteiger partial charge in [0.05, 0.1) is 20.7 Å². The Bertz CT molecular complexity index is 665. The maximum Gasteiger partial charge on any atom is 0.270 e. The van der Waals surface area contributed by atoms with Crippen molar-refractivity contribution in [3.8, 4) is 0 Å². The molecule has 0 aliphatic heterocycles. The number of nitrogen functional groups attached to an aromatic ring is 1. The van der Waals surface area contributed by atoms with E-state index in [1.54, 1.807) is 18.2 Å². The van der Waals surface area contributed by atoms with Crippen molar-refractivity contribution in [3.05, 3.63) is 62.1 Å². The highest BCUT2D eigenvalue weighted by molar-refractivity contribution is 7.98. The maximum atomic E-state index is 10.6. The normalized spacial score (nSPS) is 10.5. The lowest BCUT2D eigenvalue weighted by molar-refractivity contribution is -0.384. The van der Waals surface area contributed by atoms with Crippen LogP contribution in [0.2, 0.25) is 10.0 Å². The molecule has 20 heavy (non-hydrogen) atoms. The number of nitro groups is 1. The van der Waals surface area contributed by atoms with Crippen LogP contribution < -0.4 is 5.73 Å². The fourth-order valence-electron chi connectivity index (χ4n) is 1.53. The molecule has 0 aromatic heterocycles. The van der Waals surface area contributed by atoms with Crippen LogP contribution in [0.1, 0.15) is 5.56 Å². The van der Waals surface area contributed by atoms with E-state index in [9.17, 15) is 10.1 Å². The predicted octanol–water partition coefficient (Wildman–Crippen LogP) is 4.78. The molecule has 0 aliphatic rings. The molecule has 0 saturated carbocycles. The van der Waals surface area contributed by atoms with Crippen LogP contribution in [0.25, 0.3) is 0 Å². The van der Waals surface area contributed by atoms with Crippen molar-refractivity contribution in [2.75, 3.05) is 5.73 Å². The lowest BCUT2D eigenvalue weighted by Gasteiger charge is -2.06. The second kappa shape index (κ2) is 6.35. The topological polar surface area (TPSA) is 69.2 Å². The molecule has 2 rings (SSSR count). The summed E-state index contributed by atoms with van der Waals surface area (Å²) in [6.45, 7) is 0.